The van der Waals surface area contributed by atoms with Crippen molar-refractivity contribution in [2.45, 2.75) is 46.1 Å². The molecule has 0 aliphatic carbocycles. The predicted molar refractivity (Wildman–Crippen MR) is 80.7 cm³/mol. The molecule has 2 atom stereocenters. The summed E-state index contributed by atoms with van der Waals surface area (Å²) in [5.74, 6) is -0.909. The first-order valence-corrected chi connectivity index (χ1v) is 7.63. The van der Waals surface area contributed by atoms with Gasteiger partial charge in [-0.05, 0) is 56.8 Å². The number of piperidine rings is 1. The van der Waals surface area contributed by atoms with Gasteiger partial charge < -0.3 is 5.11 Å². The van der Waals surface area contributed by atoms with Crippen LogP contribution in [0.3, 0.4) is 0 Å². The van der Waals surface area contributed by atoms with Crippen LogP contribution in [0.25, 0.3) is 0 Å². The maximum absolute atomic E-state index is 13.7. The van der Waals surface area contributed by atoms with Gasteiger partial charge in [-0.25, -0.2) is 4.39 Å². The standard InChI is InChI=1S/C17H24FNO2/c1-4-17(16(20)21)8-5-9-19(11-17)13(3)14-7-6-12(2)15(18)10-14/h6-7,10,13H,4-5,8-9,11H2,1-3H3,(H,20,21). The van der Waals surface area contributed by atoms with E-state index in [0.717, 1.165) is 24.9 Å². The number of aliphatic carboxylic acids is 1. The average Bonchev–Trinajstić information content (AvgIpc) is 2.49. The Morgan fingerprint density at radius 3 is 2.81 bits per heavy atom. The Kier molecular flexibility index (Phi) is 4.67. The van der Waals surface area contributed by atoms with Gasteiger partial charge in [-0.3, -0.25) is 9.69 Å². The molecule has 1 aromatic carbocycles. The zero-order valence-electron chi connectivity index (χ0n) is 13.0. The molecule has 4 heteroatoms. The summed E-state index contributed by atoms with van der Waals surface area (Å²) in [5.41, 5.74) is 0.892. The number of nitrogens with zero attached hydrogens (tertiary/aromatic N) is 1. The molecule has 0 saturated carbocycles. The molecule has 1 aromatic rings. The van der Waals surface area contributed by atoms with Gasteiger partial charge in [0.15, 0.2) is 0 Å². The van der Waals surface area contributed by atoms with Gasteiger partial charge in [0, 0.05) is 12.6 Å². The van der Waals surface area contributed by atoms with Crippen LogP contribution < -0.4 is 0 Å². The number of likely N-dealkylation sites (tertiary alicyclic amines) is 1. The molecular formula is C17H24FNO2. The van der Waals surface area contributed by atoms with Gasteiger partial charge in [-0.2, -0.15) is 0 Å². The van der Waals surface area contributed by atoms with Gasteiger partial charge in [0.25, 0.3) is 0 Å². The lowest BCUT2D eigenvalue weighted by molar-refractivity contribution is -0.153. The van der Waals surface area contributed by atoms with Crippen LogP contribution in [0.15, 0.2) is 18.2 Å². The third kappa shape index (κ3) is 3.10. The molecule has 1 saturated heterocycles. The number of hydrogen-bond acceptors (Lipinski definition) is 2. The Morgan fingerprint density at radius 1 is 1.52 bits per heavy atom. The van der Waals surface area contributed by atoms with Gasteiger partial charge in [0.1, 0.15) is 5.82 Å². The summed E-state index contributed by atoms with van der Waals surface area (Å²) in [5, 5.41) is 9.55. The quantitative estimate of drug-likeness (QED) is 0.918. The molecule has 0 aromatic heterocycles. The molecule has 21 heavy (non-hydrogen) atoms. The lowest BCUT2D eigenvalue weighted by atomic mass is 9.77. The molecule has 0 radical (unpaired) electrons. The number of aryl methyl sites for hydroxylation is 1. The molecular weight excluding hydrogens is 269 g/mol. The topological polar surface area (TPSA) is 40.5 Å². The minimum Gasteiger partial charge on any atom is -0.481 e. The summed E-state index contributed by atoms with van der Waals surface area (Å²) in [4.78, 5) is 13.8. The highest BCUT2D eigenvalue weighted by atomic mass is 19.1. The largest absolute Gasteiger partial charge is 0.481 e. The monoisotopic (exact) mass is 293 g/mol. The summed E-state index contributed by atoms with van der Waals surface area (Å²) in [7, 11) is 0. The van der Waals surface area contributed by atoms with Crippen LogP contribution in [0.2, 0.25) is 0 Å². The number of rotatable bonds is 4. The van der Waals surface area contributed by atoms with Gasteiger partial charge in [-0.15, -0.1) is 0 Å². The SMILES string of the molecule is CCC1(C(=O)O)CCCN(C(C)c2ccc(C)c(F)c2)C1. The van der Waals surface area contributed by atoms with Crippen LogP contribution >= 0.6 is 0 Å². The van der Waals surface area contributed by atoms with E-state index in [1.54, 1.807) is 19.1 Å². The van der Waals surface area contributed by atoms with Crippen molar-refractivity contribution in [2.75, 3.05) is 13.1 Å². The molecule has 1 aliphatic heterocycles. The van der Waals surface area contributed by atoms with Crippen molar-refractivity contribution < 1.29 is 14.3 Å². The fraction of sp³-hybridized carbons (Fsp3) is 0.588. The summed E-state index contributed by atoms with van der Waals surface area (Å²) in [6.45, 7) is 7.12. The molecule has 1 heterocycles. The first kappa shape index (κ1) is 16.0. The Bertz CT molecular complexity index is 532. The van der Waals surface area contributed by atoms with E-state index in [4.69, 9.17) is 0 Å². The van der Waals surface area contributed by atoms with E-state index in [-0.39, 0.29) is 11.9 Å². The van der Waals surface area contributed by atoms with Crippen molar-refractivity contribution in [3.8, 4) is 0 Å². The van der Waals surface area contributed by atoms with Crippen molar-refractivity contribution in [1.82, 2.24) is 4.90 Å². The number of carboxylic acids is 1. The Morgan fingerprint density at radius 2 is 2.24 bits per heavy atom. The first-order chi connectivity index (χ1) is 9.89. The Hall–Kier alpha value is -1.42. The van der Waals surface area contributed by atoms with Crippen LogP contribution in [-0.4, -0.2) is 29.1 Å². The molecule has 1 aliphatic rings. The van der Waals surface area contributed by atoms with Gasteiger partial charge >= 0.3 is 5.97 Å². The number of carboxylic acid groups (broad SMARTS) is 1. The summed E-state index contributed by atoms with van der Waals surface area (Å²) in [6.07, 6.45) is 2.23. The summed E-state index contributed by atoms with van der Waals surface area (Å²) < 4.78 is 13.7. The van der Waals surface area contributed by atoms with Crippen LogP contribution in [-0.2, 0) is 4.79 Å². The van der Waals surface area contributed by atoms with Crippen LogP contribution in [0, 0.1) is 18.2 Å². The number of benzene rings is 1. The number of hydrogen-bond donors (Lipinski definition) is 1. The van der Waals surface area contributed by atoms with E-state index >= 15 is 0 Å². The van der Waals surface area contributed by atoms with Crippen LogP contribution in [0.1, 0.15) is 50.3 Å². The van der Waals surface area contributed by atoms with E-state index < -0.39 is 11.4 Å². The predicted octanol–water partition coefficient (Wildman–Crippen LogP) is 3.77. The molecule has 1 fully saturated rings. The Balaban J connectivity index is 2.20. The summed E-state index contributed by atoms with van der Waals surface area (Å²) >= 11 is 0. The highest BCUT2D eigenvalue weighted by Crippen LogP contribution is 2.37. The summed E-state index contributed by atoms with van der Waals surface area (Å²) in [6, 6.07) is 5.33. The van der Waals surface area contributed by atoms with Crippen molar-refractivity contribution in [1.29, 1.82) is 0 Å². The zero-order chi connectivity index (χ0) is 15.6. The third-order valence-electron chi connectivity index (χ3n) is 4.96. The van der Waals surface area contributed by atoms with Gasteiger partial charge in [0.05, 0.1) is 5.41 Å². The minimum atomic E-state index is -0.711. The number of halogens is 1. The van der Waals surface area contributed by atoms with E-state index in [0.29, 0.717) is 18.5 Å². The molecule has 1 N–H and O–H groups in total. The van der Waals surface area contributed by atoms with Gasteiger partial charge in [-0.1, -0.05) is 19.1 Å². The lowest BCUT2D eigenvalue weighted by Gasteiger charge is -2.42. The van der Waals surface area contributed by atoms with Crippen LogP contribution in [0.4, 0.5) is 4.39 Å². The normalized spacial score (nSPS) is 24.8. The second-order valence-electron chi connectivity index (χ2n) is 6.20. The second kappa shape index (κ2) is 6.14. The molecule has 2 unspecified atom stereocenters. The molecule has 0 bridgehead atoms. The maximum Gasteiger partial charge on any atom is 0.310 e. The van der Waals surface area contributed by atoms with E-state index in [2.05, 4.69) is 4.90 Å². The smallest absolute Gasteiger partial charge is 0.310 e. The van der Waals surface area contributed by atoms with E-state index in [1.165, 1.54) is 0 Å². The molecule has 2 rings (SSSR count). The zero-order valence-corrected chi connectivity index (χ0v) is 13.0. The molecule has 3 nitrogen and oxygen atoms in total. The number of carbonyl (C=O) groups is 1. The van der Waals surface area contributed by atoms with E-state index in [1.807, 2.05) is 19.9 Å². The minimum absolute atomic E-state index is 0.0330. The maximum atomic E-state index is 13.7. The van der Waals surface area contributed by atoms with Crippen molar-refractivity contribution >= 4 is 5.97 Å². The average molecular weight is 293 g/mol. The highest BCUT2D eigenvalue weighted by Gasteiger charge is 2.41. The lowest BCUT2D eigenvalue weighted by Crippen LogP contribution is -2.48. The molecule has 0 spiro atoms. The van der Waals surface area contributed by atoms with Crippen LogP contribution in [0.5, 0.6) is 0 Å². The third-order valence-corrected chi connectivity index (χ3v) is 4.96. The molecule has 116 valence electrons. The van der Waals surface area contributed by atoms with Crippen molar-refractivity contribution in [2.24, 2.45) is 5.41 Å². The second-order valence-corrected chi connectivity index (χ2v) is 6.20. The van der Waals surface area contributed by atoms with Gasteiger partial charge in [0.2, 0.25) is 0 Å². The fourth-order valence-electron chi connectivity index (χ4n) is 3.19. The first-order valence-electron chi connectivity index (χ1n) is 7.63. The van der Waals surface area contributed by atoms with Crippen molar-refractivity contribution in [3.63, 3.8) is 0 Å². The van der Waals surface area contributed by atoms with E-state index in [9.17, 15) is 14.3 Å². The molecule has 0 amide bonds. The Labute approximate surface area is 125 Å². The highest BCUT2D eigenvalue weighted by molar-refractivity contribution is 5.75. The van der Waals surface area contributed by atoms with Crippen molar-refractivity contribution in [3.05, 3.63) is 35.1 Å². The fourth-order valence-corrected chi connectivity index (χ4v) is 3.19.